The molecule has 2 aromatic heterocycles. The summed E-state index contributed by atoms with van der Waals surface area (Å²) in [6, 6.07) is 0.406. The second-order valence-electron chi connectivity index (χ2n) is 2.96. The first-order valence-corrected chi connectivity index (χ1v) is 5.78. The predicted octanol–water partition coefficient (Wildman–Crippen LogP) is 1.67. The zero-order valence-electron chi connectivity index (χ0n) is 8.84. The van der Waals surface area contributed by atoms with Crippen LogP contribution in [0.1, 0.15) is 17.7 Å². The van der Waals surface area contributed by atoms with Crippen LogP contribution in [0.5, 0.6) is 0 Å². The van der Waals surface area contributed by atoms with E-state index >= 15 is 0 Å². The Morgan fingerprint density at radius 1 is 1.50 bits per heavy atom. The minimum Gasteiger partial charge on any atom is -0.406 e. The fraction of sp³-hybridized carbons (Fsp3) is 0.444. The molecule has 0 atom stereocenters. The van der Waals surface area contributed by atoms with Crippen molar-refractivity contribution in [1.29, 1.82) is 0 Å². The number of aromatic nitrogens is 3. The first-order chi connectivity index (χ1) is 7.88. The van der Waals surface area contributed by atoms with E-state index in [2.05, 4.69) is 20.5 Å². The number of hydrogen-bond donors (Lipinski definition) is 1. The van der Waals surface area contributed by atoms with E-state index in [0.29, 0.717) is 31.7 Å². The number of hydrogen-bond acceptors (Lipinski definition) is 7. The molecule has 1 N–H and O–H groups in total. The first kappa shape index (κ1) is 11.0. The van der Waals surface area contributed by atoms with Crippen LogP contribution in [-0.4, -0.2) is 21.8 Å². The Labute approximate surface area is 96.7 Å². The maximum Gasteiger partial charge on any atom is 0.315 e. The molecule has 0 fully saturated rings. The van der Waals surface area contributed by atoms with Crippen LogP contribution < -0.4 is 5.32 Å². The molecule has 7 heteroatoms. The molecule has 2 rings (SSSR count). The number of thiazole rings is 1. The van der Waals surface area contributed by atoms with Crippen molar-refractivity contribution in [2.24, 2.45) is 0 Å². The van der Waals surface area contributed by atoms with E-state index in [-0.39, 0.29) is 0 Å². The zero-order valence-corrected chi connectivity index (χ0v) is 9.66. The van der Waals surface area contributed by atoms with E-state index in [1.807, 2.05) is 6.92 Å². The molecular weight excluding hydrogens is 228 g/mol. The lowest BCUT2D eigenvalue weighted by Gasteiger charge is -1.96. The number of anilines is 1. The number of rotatable bonds is 6. The molecule has 0 aliphatic heterocycles. The van der Waals surface area contributed by atoms with Gasteiger partial charge >= 0.3 is 6.01 Å². The maximum atomic E-state index is 5.31. The molecule has 0 saturated heterocycles. The van der Waals surface area contributed by atoms with Crippen LogP contribution in [0, 0.1) is 0 Å². The van der Waals surface area contributed by atoms with Crippen molar-refractivity contribution in [2.45, 2.75) is 20.1 Å². The lowest BCUT2D eigenvalue weighted by atomic mass is 10.5. The standard InChI is InChI=1S/C9H12N4O2S/c1-2-14-5-8-12-13-9(15-8)11-4-7-3-10-6-16-7/h3,6H,2,4-5H2,1H3,(H,11,13). The molecule has 0 amide bonds. The molecule has 0 radical (unpaired) electrons. The molecule has 86 valence electrons. The molecule has 2 aromatic rings. The third-order valence-electron chi connectivity index (χ3n) is 1.79. The second-order valence-corrected chi connectivity index (χ2v) is 3.93. The van der Waals surface area contributed by atoms with Gasteiger partial charge in [-0.25, -0.2) is 0 Å². The molecule has 6 nitrogen and oxygen atoms in total. The van der Waals surface area contributed by atoms with Crippen molar-refractivity contribution in [3.05, 3.63) is 22.5 Å². The molecule has 0 aliphatic rings. The van der Waals surface area contributed by atoms with Gasteiger partial charge in [-0.05, 0) is 6.92 Å². The van der Waals surface area contributed by atoms with Gasteiger partial charge in [-0.2, -0.15) is 0 Å². The molecule has 0 aliphatic carbocycles. The molecule has 0 spiro atoms. The lowest BCUT2D eigenvalue weighted by Crippen LogP contribution is -1.97. The predicted molar refractivity (Wildman–Crippen MR) is 59.1 cm³/mol. The Morgan fingerprint density at radius 3 is 3.19 bits per heavy atom. The normalized spacial score (nSPS) is 10.6. The number of nitrogens with zero attached hydrogens (tertiary/aromatic N) is 3. The summed E-state index contributed by atoms with van der Waals surface area (Å²) in [5.41, 5.74) is 1.78. The second kappa shape index (κ2) is 5.57. The van der Waals surface area contributed by atoms with Crippen molar-refractivity contribution in [3.8, 4) is 0 Å². The molecule has 0 bridgehead atoms. The van der Waals surface area contributed by atoms with E-state index in [0.717, 1.165) is 4.88 Å². The van der Waals surface area contributed by atoms with Crippen molar-refractivity contribution >= 4 is 17.4 Å². The summed E-state index contributed by atoms with van der Waals surface area (Å²) < 4.78 is 10.5. The summed E-state index contributed by atoms with van der Waals surface area (Å²) in [4.78, 5) is 5.09. The highest BCUT2D eigenvalue weighted by atomic mass is 32.1. The van der Waals surface area contributed by atoms with Crippen LogP contribution in [0.4, 0.5) is 6.01 Å². The average Bonchev–Trinajstić information content (AvgIpc) is 2.95. The van der Waals surface area contributed by atoms with E-state index in [1.54, 1.807) is 23.0 Å². The van der Waals surface area contributed by atoms with E-state index < -0.39 is 0 Å². The Bertz CT molecular complexity index is 415. The van der Waals surface area contributed by atoms with Gasteiger partial charge in [0, 0.05) is 17.7 Å². The molecule has 0 saturated carbocycles. The Balaban J connectivity index is 1.83. The maximum absolute atomic E-state index is 5.31. The van der Waals surface area contributed by atoms with Gasteiger partial charge < -0.3 is 14.5 Å². The Morgan fingerprint density at radius 2 is 2.44 bits per heavy atom. The Kier molecular flexibility index (Phi) is 3.84. The summed E-state index contributed by atoms with van der Waals surface area (Å²) in [6.07, 6.45) is 1.80. The highest BCUT2D eigenvalue weighted by molar-refractivity contribution is 7.09. The van der Waals surface area contributed by atoms with Crippen molar-refractivity contribution in [2.75, 3.05) is 11.9 Å². The topological polar surface area (TPSA) is 73.1 Å². The van der Waals surface area contributed by atoms with Crippen LogP contribution in [0.3, 0.4) is 0 Å². The summed E-state index contributed by atoms with van der Waals surface area (Å²) in [7, 11) is 0. The van der Waals surface area contributed by atoms with Gasteiger partial charge in [0.25, 0.3) is 0 Å². The molecule has 0 aromatic carbocycles. The van der Waals surface area contributed by atoms with E-state index in [4.69, 9.17) is 9.15 Å². The molecular formula is C9H12N4O2S. The average molecular weight is 240 g/mol. The molecule has 2 heterocycles. The third-order valence-corrected chi connectivity index (χ3v) is 2.57. The van der Waals surface area contributed by atoms with Gasteiger partial charge in [-0.15, -0.1) is 16.4 Å². The van der Waals surface area contributed by atoms with Gasteiger partial charge in [0.1, 0.15) is 6.61 Å². The van der Waals surface area contributed by atoms with Gasteiger partial charge in [0.2, 0.25) is 5.89 Å². The minimum atomic E-state index is 0.353. The van der Waals surface area contributed by atoms with E-state index in [1.165, 1.54) is 0 Å². The van der Waals surface area contributed by atoms with Gasteiger partial charge in [0.15, 0.2) is 0 Å². The van der Waals surface area contributed by atoms with Crippen molar-refractivity contribution in [1.82, 2.24) is 15.2 Å². The van der Waals surface area contributed by atoms with Crippen LogP contribution in [0.2, 0.25) is 0 Å². The van der Waals surface area contributed by atoms with Crippen LogP contribution in [0.15, 0.2) is 16.1 Å². The monoisotopic (exact) mass is 240 g/mol. The van der Waals surface area contributed by atoms with Crippen LogP contribution >= 0.6 is 11.3 Å². The minimum absolute atomic E-state index is 0.353. The van der Waals surface area contributed by atoms with Crippen molar-refractivity contribution in [3.63, 3.8) is 0 Å². The van der Waals surface area contributed by atoms with Gasteiger partial charge in [-0.1, -0.05) is 5.10 Å². The van der Waals surface area contributed by atoms with E-state index in [9.17, 15) is 0 Å². The van der Waals surface area contributed by atoms with Crippen LogP contribution in [-0.2, 0) is 17.9 Å². The fourth-order valence-electron chi connectivity index (χ4n) is 1.06. The zero-order chi connectivity index (χ0) is 11.2. The number of ether oxygens (including phenoxy) is 1. The lowest BCUT2D eigenvalue weighted by molar-refractivity contribution is 0.115. The molecule has 16 heavy (non-hydrogen) atoms. The third kappa shape index (κ3) is 3.01. The largest absolute Gasteiger partial charge is 0.406 e. The van der Waals surface area contributed by atoms with Gasteiger partial charge in [0.05, 0.1) is 12.1 Å². The highest BCUT2D eigenvalue weighted by Crippen LogP contribution is 2.10. The summed E-state index contributed by atoms with van der Waals surface area (Å²) in [5, 5.41) is 10.7. The van der Waals surface area contributed by atoms with Gasteiger partial charge in [-0.3, -0.25) is 4.98 Å². The fourth-order valence-corrected chi connectivity index (χ4v) is 1.60. The highest BCUT2D eigenvalue weighted by Gasteiger charge is 2.05. The smallest absolute Gasteiger partial charge is 0.315 e. The summed E-state index contributed by atoms with van der Waals surface area (Å²) >= 11 is 1.57. The molecule has 0 unspecified atom stereocenters. The summed E-state index contributed by atoms with van der Waals surface area (Å²) in [6.45, 7) is 3.54. The number of nitrogens with one attached hydrogen (secondary N) is 1. The summed E-state index contributed by atoms with van der Waals surface area (Å²) in [5.74, 6) is 0.480. The quantitative estimate of drug-likeness (QED) is 0.828. The van der Waals surface area contributed by atoms with Crippen LogP contribution in [0.25, 0.3) is 0 Å². The first-order valence-electron chi connectivity index (χ1n) is 4.90. The van der Waals surface area contributed by atoms with Crippen molar-refractivity contribution < 1.29 is 9.15 Å². The Hall–Kier alpha value is -1.47. The SMILES string of the molecule is CCOCc1nnc(NCc2cncs2)o1.